The molecule has 0 aliphatic rings. The van der Waals surface area contributed by atoms with Gasteiger partial charge < -0.3 is 19.7 Å². The number of hydrogen-bond donors (Lipinski definition) is 1. The third kappa shape index (κ3) is 5.24. The van der Waals surface area contributed by atoms with Crippen molar-refractivity contribution in [3.63, 3.8) is 0 Å². The van der Waals surface area contributed by atoms with Crippen molar-refractivity contribution in [1.29, 1.82) is 0 Å². The van der Waals surface area contributed by atoms with Crippen molar-refractivity contribution in [3.8, 4) is 17.2 Å². The summed E-state index contributed by atoms with van der Waals surface area (Å²) in [6.45, 7) is 2.14. The Morgan fingerprint density at radius 1 is 0.850 bits per heavy atom. The summed E-state index contributed by atoms with van der Waals surface area (Å²) in [4.78, 5) is 34.5. The molecular weight excluding hydrogens is 504 g/mol. The zero-order valence-electron chi connectivity index (χ0n) is 22.6. The second-order valence-corrected chi connectivity index (χ2v) is 9.22. The van der Waals surface area contributed by atoms with Crippen molar-refractivity contribution in [3.05, 3.63) is 125 Å². The lowest BCUT2D eigenvalue weighted by atomic mass is 10.1. The Morgan fingerprint density at radius 3 is 2.23 bits per heavy atom. The van der Waals surface area contributed by atoms with Gasteiger partial charge in [-0.3, -0.25) is 9.36 Å². The number of hydrogen-bond acceptors (Lipinski definition) is 5. The molecule has 1 unspecified atom stereocenters. The summed E-state index contributed by atoms with van der Waals surface area (Å²) in [5.74, 6) is 1.46. The second kappa shape index (κ2) is 11.7. The highest BCUT2D eigenvalue weighted by Gasteiger charge is 2.28. The molecule has 1 N–H and O–H groups in total. The lowest BCUT2D eigenvalue weighted by Crippen LogP contribution is -2.39. The first-order valence-electron chi connectivity index (χ1n) is 12.9. The highest BCUT2D eigenvalue weighted by atomic mass is 16.5. The molecule has 0 aliphatic carbocycles. The van der Waals surface area contributed by atoms with E-state index in [2.05, 4.69) is 5.32 Å². The van der Waals surface area contributed by atoms with E-state index in [9.17, 15) is 9.59 Å². The number of urea groups is 1. The maximum absolute atomic E-state index is 14.0. The Morgan fingerprint density at radius 2 is 1.48 bits per heavy atom. The number of amides is 2. The van der Waals surface area contributed by atoms with Gasteiger partial charge in [0.1, 0.15) is 17.3 Å². The SMILES string of the molecule is COc1ccccc1NC(=O)N(Cc1ccccc1)C(C)c1nc2ccccc2c(=O)n1-c1ccccc1OC. The first-order chi connectivity index (χ1) is 19.5. The molecule has 5 aromatic rings. The molecule has 1 aromatic heterocycles. The Labute approximate surface area is 232 Å². The smallest absolute Gasteiger partial charge is 0.322 e. The van der Waals surface area contributed by atoms with E-state index in [1.807, 2.05) is 79.7 Å². The average Bonchev–Trinajstić information content (AvgIpc) is 3.00. The maximum Gasteiger partial charge on any atom is 0.322 e. The monoisotopic (exact) mass is 534 g/mol. The van der Waals surface area contributed by atoms with Gasteiger partial charge in [-0.1, -0.05) is 66.7 Å². The van der Waals surface area contributed by atoms with Crippen LogP contribution >= 0.6 is 0 Å². The van der Waals surface area contributed by atoms with Gasteiger partial charge in [0.15, 0.2) is 0 Å². The van der Waals surface area contributed by atoms with Crippen LogP contribution in [0.25, 0.3) is 16.6 Å². The third-order valence-corrected chi connectivity index (χ3v) is 6.77. The molecule has 0 bridgehead atoms. The number of rotatable bonds is 8. The van der Waals surface area contributed by atoms with Gasteiger partial charge in [0, 0.05) is 6.54 Å². The van der Waals surface area contributed by atoms with Crippen LogP contribution in [0.3, 0.4) is 0 Å². The highest BCUT2D eigenvalue weighted by molar-refractivity contribution is 5.91. The van der Waals surface area contributed by atoms with Crippen LogP contribution in [0.2, 0.25) is 0 Å². The lowest BCUT2D eigenvalue weighted by Gasteiger charge is -2.31. The molecule has 0 saturated carbocycles. The van der Waals surface area contributed by atoms with E-state index in [1.165, 1.54) is 0 Å². The quantitative estimate of drug-likeness (QED) is 0.256. The van der Waals surface area contributed by atoms with E-state index in [4.69, 9.17) is 14.5 Å². The molecule has 8 nitrogen and oxygen atoms in total. The number of nitrogens with one attached hydrogen (secondary N) is 1. The fraction of sp³-hybridized carbons (Fsp3) is 0.156. The van der Waals surface area contributed by atoms with Gasteiger partial charge in [-0.15, -0.1) is 0 Å². The van der Waals surface area contributed by atoms with Gasteiger partial charge in [-0.05, 0) is 48.9 Å². The van der Waals surface area contributed by atoms with Crippen LogP contribution in [0.5, 0.6) is 11.5 Å². The molecule has 0 saturated heterocycles. The summed E-state index contributed by atoms with van der Waals surface area (Å²) in [7, 11) is 3.12. The number of carbonyl (C=O) groups is 1. The van der Waals surface area contributed by atoms with Gasteiger partial charge in [0.25, 0.3) is 5.56 Å². The van der Waals surface area contributed by atoms with Crippen LogP contribution in [-0.2, 0) is 6.54 Å². The van der Waals surface area contributed by atoms with Gasteiger partial charge >= 0.3 is 6.03 Å². The number of anilines is 1. The topological polar surface area (TPSA) is 85.7 Å². The molecule has 0 radical (unpaired) electrons. The number of aromatic nitrogens is 2. The number of para-hydroxylation sites is 5. The van der Waals surface area contributed by atoms with Crippen LogP contribution in [0.1, 0.15) is 24.4 Å². The number of ether oxygens (including phenoxy) is 2. The molecule has 2 amide bonds. The molecule has 4 aromatic carbocycles. The normalized spacial score (nSPS) is 11.6. The van der Waals surface area contributed by atoms with Crippen LogP contribution in [0, 0.1) is 0 Å². The molecule has 0 spiro atoms. The van der Waals surface area contributed by atoms with E-state index in [-0.39, 0.29) is 18.1 Å². The largest absolute Gasteiger partial charge is 0.495 e. The van der Waals surface area contributed by atoms with Gasteiger partial charge in [0.2, 0.25) is 0 Å². The Hall–Kier alpha value is -5.11. The summed E-state index contributed by atoms with van der Waals surface area (Å²) >= 11 is 0. The summed E-state index contributed by atoms with van der Waals surface area (Å²) < 4.78 is 12.6. The number of carbonyl (C=O) groups excluding carboxylic acids is 1. The molecule has 5 rings (SSSR count). The number of benzene rings is 4. The summed E-state index contributed by atoms with van der Waals surface area (Å²) in [6.07, 6.45) is 0. The number of nitrogens with zero attached hydrogens (tertiary/aromatic N) is 3. The Bertz CT molecular complexity index is 1700. The second-order valence-electron chi connectivity index (χ2n) is 9.22. The van der Waals surface area contributed by atoms with Crippen molar-refractivity contribution in [2.75, 3.05) is 19.5 Å². The van der Waals surface area contributed by atoms with Crippen LogP contribution < -0.4 is 20.3 Å². The predicted octanol–water partition coefficient (Wildman–Crippen LogP) is 6.20. The van der Waals surface area contributed by atoms with E-state index in [1.54, 1.807) is 54.0 Å². The number of fused-ring (bicyclic) bond motifs is 1. The summed E-state index contributed by atoms with van der Waals surface area (Å²) in [5, 5.41) is 3.46. The fourth-order valence-corrected chi connectivity index (χ4v) is 4.72. The van der Waals surface area contributed by atoms with Gasteiger partial charge in [-0.2, -0.15) is 0 Å². The summed E-state index contributed by atoms with van der Waals surface area (Å²) in [5.41, 5.74) is 2.30. The molecular formula is C32H30N4O4. The predicted molar refractivity (Wildman–Crippen MR) is 156 cm³/mol. The standard InChI is InChI=1S/C32H30N4O4/c1-22(35(21-23-13-5-4-6-14-23)32(38)34-26-17-9-11-19-28(26)39-2)30-33-25-16-8-7-15-24(25)31(37)36(30)27-18-10-12-20-29(27)40-3/h4-20,22H,21H2,1-3H3,(H,34,38). The van der Waals surface area contributed by atoms with Crippen molar-refractivity contribution in [2.24, 2.45) is 0 Å². The zero-order chi connectivity index (χ0) is 28.1. The van der Waals surface area contributed by atoms with Crippen LogP contribution in [0.4, 0.5) is 10.5 Å². The molecule has 0 fully saturated rings. The minimum absolute atomic E-state index is 0.248. The van der Waals surface area contributed by atoms with Crippen molar-refractivity contribution in [2.45, 2.75) is 19.5 Å². The molecule has 40 heavy (non-hydrogen) atoms. The molecule has 202 valence electrons. The third-order valence-electron chi connectivity index (χ3n) is 6.77. The Balaban J connectivity index is 1.67. The number of methoxy groups -OCH3 is 2. The first-order valence-corrected chi connectivity index (χ1v) is 12.9. The highest BCUT2D eigenvalue weighted by Crippen LogP contribution is 2.30. The molecule has 1 atom stereocenters. The van der Waals surface area contributed by atoms with Crippen LogP contribution in [-0.4, -0.2) is 34.7 Å². The maximum atomic E-state index is 14.0. The van der Waals surface area contributed by atoms with Crippen molar-refractivity contribution in [1.82, 2.24) is 14.5 Å². The zero-order valence-corrected chi connectivity index (χ0v) is 22.6. The van der Waals surface area contributed by atoms with Gasteiger partial charge in [0.05, 0.1) is 42.5 Å². The molecule has 1 heterocycles. The lowest BCUT2D eigenvalue weighted by molar-refractivity contribution is 0.185. The van der Waals surface area contributed by atoms with Gasteiger partial charge in [-0.25, -0.2) is 9.78 Å². The van der Waals surface area contributed by atoms with Crippen LogP contribution in [0.15, 0.2) is 108 Å². The average molecular weight is 535 g/mol. The van der Waals surface area contributed by atoms with E-state index in [0.29, 0.717) is 39.6 Å². The first kappa shape index (κ1) is 26.5. The minimum Gasteiger partial charge on any atom is -0.495 e. The minimum atomic E-state index is -0.628. The Kier molecular flexibility index (Phi) is 7.77. The fourth-order valence-electron chi connectivity index (χ4n) is 4.72. The van der Waals surface area contributed by atoms with Crippen molar-refractivity contribution < 1.29 is 14.3 Å². The van der Waals surface area contributed by atoms with E-state index in [0.717, 1.165) is 5.56 Å². The van der Waals surface area contributed by atoms with Crippen molar-refractivity contribution >= 4 is 22.6 Å². The summed E-state index contributed by atoms with van der Waals surface area (Å²) in [6, 6.07) is 30.4. The molecule has 0 aliphatic heterocycles. The van der Waals surface area contributed by atoms with E-state index < -0.39 is 6.04 Å². The molecule has 8 heteroatoms. The van der Waals surface area contributed by atoms with E-state index >= 15 is 0 Å².